The van der Waals surface area contributed by atoms with Crippen molar-refractivity contribution in [3.63, 3.8) is 0 Å². The van der Waals surface area contributed by atoms with Gasteiger partial charge in [-0.2, -0.15) is 0 Å². The van der Waals surface area contributed by atoms with Crippen molar-refractivity contribution in [1.29, 1.82) is 0 Å². The van der Waals surface area contributed by atoms with E-state index in [-0.39, 0.29) is 11.6 Å². The lowest BCUT2D eigenvalue weighted by Gasteiger charge is -2.08. The maximum Gasteiger partial charge on any atom is 0.276 e. The number of carbonyl (C=O) groups excluding carboxylic acids is 1. The van der Waals surface area contributed by atoms with Crippen LogP contribution >= 0.6 is 0 Å². The van der Waals surface area contributed by atoms with Crippen LogP contribution in [0.3, 0.4) is 0 Å². The molecule has 5 heteroatoms. The zero-order valence-electron chi connectivity index (χ0n) is 12.8. The Hall–Kier alpha value is -2.69. The van der Waals surface area contributed by atoms with Crippen LogP contribution in [0, 0.1) is 0 Å². The lowest BCUT2D eigenvalue weighted by molar-refractivity contribution is 0.102. The third-order valence-corrected chi connectivity index (χ3v) is 3.16. The fourth-order valence-electron chi connectivity index (χ4n) is 1.87. The molecular formula is C17H20N4O. The summed E-state index contributed by atoms with van der Waals surface area (Å²) in [5.74, 6) is 0.795. The molecule has 5 nitrogen and oxygen atoms in total. The molecular weight excluding hydrogens is 276 g/mol. The van der Waals surface area contributed by atoms with Gasteiger partial charge in [0.25, 0.3) is 5.91 Å². The quantitative estimate of drug-likeness (QED) is 0.801. The van der Waals surface area contributed by atoms with Gasteiger partial charge in [0.15, 0.2) is 5.69 Å². The van der Waals surface area contributed by atoms with Gasteiger partial charge in [-0.15, -0.1) is 16.8 Å². The van der Waals surface area contributed by atoms with Gasteiger partial charge < -0.3 is 10.6 Å². The number of aromatic nitrogens is 2. The van der Waals surface area contributed by atoms with Crippen LogP contribution in [0.5, 0.6) is 0 Å². The van der Waals surface area contributed by atoms with Crippen LogP contribution < -0.4 is 10.6 Å². The molecule has 0 spiro atoms. The Kier molecular flexibility index (Phi) is 5.25. The third-order valence-electron chi connectivity index (χ3n) is 3.16. The average Bonchev–Trinajstić information content (AvgIpc) is 2.54. The zero-order chi connectivity index (χ0) is 15.9. The van der Waals surface area contributed by atoms with Gasteiger partial charge >= 0.3 is 0 Å². The summed E-state index contributed by atoms with van der Waals surface area (Å²) in [5, 5.41) is 13.7. The number of nitrogens with one attached hydrogen (secondary N) is 2. The SMILES string of the molecule is C=CCNc1ccc(C(=O)Nc2ccc(C(C)C)cc2)nn1. The average molecular weight is 296 g/mol. The molecule has 0 saturated carbocycles. The molecule has 1 heterocycles. The Morgan fingerprint density at radius 2 is 1.91 bits per heavy atom. The molecule has 2 aromatic rings. The van der Waals surface area contributed by atoms with Crippen molar-refractivity contribution in [2.45, 2.75) is 19.8 Å². The first kappa shape index (κ1) is 15.7. The van der Waals surface area contributed by atoms with Crippen LogP contribution in [-0.2, 0) is 0 Å². The Balaban J connectivity index is 2.00. The number of benzene rings is 1. The van der Waals surface area contributed by atoms with Crippen molar-refractivity contribution in [2.24, 2.45) is 0 Å². The van der Waals surface area contributed by atoms with Crippen LogP contribution in [0.15, 0.2) is 49.1 Å². The smallest absolute Gasteiger partial charge is 0.276 e. The normalized spacial score (nSPS) is 10.3. The van der Waals surface area contributed by atoms with E-state index >= 15 is 0 Å². The number of hydrogen-bond donors (Lipinski definition) is 2. The second kappa shape index (κ2) is 7.36. The van der Waals surface area contributed by atoms with Gasteiger partial charge in [-0.3, -0.25) is 4.79 Å². The van der Waals surface area contributed by atoms with Gasteiger partial charge in [0.1, 0.15) is 5.82 Å². The first-order valence-electron chi connectivity index (χ1n) is 7.20. The Bertz CT molecular complexity index is 633. The molecule has 0 aliphatic carbocycles. The molecule has 1 amide bonds. The zero-order valence-corrected chi connectivity index (χ0v) is 12.8. The van der Waals surface area contributed by atoms with E-state index in [0.29, 0.717) is 18.3 Å². The number of anilines is 2. The highest BCUT2D eigenvalue weighted by molar-refractivity contribution is 6.02. The topological polar surface area (TPSA) is 66.9 Å². The monoisotopic (exact) mass is 296 g/mol. The van der Waals surface area contributed by atoms with Crippen LogP contribution in [0.4, 0.5) is 11.5 Å². The maximum absolute atomic E-state index is 12.1. The molecule has 0 bridgehead atoms. The molecule has 0 radical (unpaired) electrons. The predicted molar refractivity (Wildman–Crippen MR) is 89.2 cm³/mol. The molecule has 0 aliphatic rings. The lowest BCUT2D eigenvalue weighted by atomic mass is 10.0. The first-order valence-corrected chi connectivity index (χ1v) is 7.20. The van der Waals surface area contributed by atoms with Gasteiger partial charge in [-0.1, -0.05) is 32.1 Å². The van der Waals surface area contributed by atoms with E-state index in [1.54, 1.807) is 18.2 Å². The summed E-state index contributed by atoms with van der Waals surface area (Å²) in [6.07, 6.45) is 1.73. The van der Waals surface area contributed by atoms with E-state index in [4.69, 9.17) is 0 Å². The van der Waals surface area contributed by atoms with Crippen molar-refractivity contribution in [3.05, 3.63) is 60.3 Å². The fourth-order valence-corrected chi connectivity index (χ4v) is 1.87. The fraction of sp³-hybridized carbons (Fsp3) is 0.235. The molecule has 1 aromatic carbocycles. The highest BCUT2D eigenvalue weighted by atomic mass is 16.1. The van der Waals surface area contributed by atoms with Crippen LogP contribution in [0.1, 0.15) is 35.8 Å². The number of carbonyl (C=O) groups is 1. The maximum atomic E-state index is 12.1. The first-order chi connectivity index (χ1) is 10.6. The number of nitrogens with zero attached hydrogens (tertiary/aromatic N) is 2. The lowest BCUT2D eigenvalue weighted by Crippen LogP contribution is -2.15. The van der Waals surface area contributed by atoms with Crippen LogP contribution in [0.25, 0.3) is 0 Å². The minimum Gasteiger partial charge on any atom is -0.365 e. The predicted octanol–water partition coefficient (Wildman–Crippen LogP) is 3.45. The van der Waals surface area contributed by atoms with Gasteiger partial charge in [-0.05, 0) is 35.7 Å². The largest absolute Gasteiger partial charge is 0.365 e. The molecule has 0 saturated heterocycles. The van der Waals surface area contributed by atoms with Gasteiger partial charge in [0, 0.05) is 12.2 Å². The highest BCUT2D eigenvalue weighted by Crippen LogP contribution is 2.17. The molecule has 0 unspecified atom stereocenters. The second-order valence-corrected chi connectivity index (χ2v) is 5.20. The molecule has 22 heavy (non-hydrogen) atoms. The summed E-state index contributed by atoms with van der Waals surface area (Å²) in [4.78, 5) is 12.1. The Morgan fingerprint density at radius 1 is 1.18 bits per heavy atom. The molecule has 0 fully saturated rings. The van der Waals surface area contributed by atoms with E-state index < -0.39 is 0 Å². The van der Waals surface area contributed by atoms with E-state index in [0.717, 1.165) is 5.69 Å². The van der Waals surface area contributed by atoms with Crippen molar-refractivity contribution in [1.82, 2.24) is 10.2 Å². The van der Waals surface area contributed by atoms with Crippen molar-refractivity contribution < 1.29 is 4.79 Å². The minimum atomic E-state index is -0.278. The van der Waals surface area contributed by atoms with E-state index in [1.807, 2.05) is 24.3 Å². The molecule has 2 N–H and O–H groups in total. The van der Waals surface area contributed by atoms with Crippen molar-refractivity contribution in [3.8, 4) is 0 Å². The van der Waals surface area contributed by atoms with Crippen LogP contribution in [-0.4, -0.2) is 22.6 Å². The Labute approximate surface area is 130 Å². The summed E-state index contributed by atoms with van der Waals surface area (Å²) in [5.41, 5.74) is 2.25. The summed E-state index contributed by atoms with van der Waals surface area (Å²) in [7, 11) is 0. The standard InChI is InChI=1S/C17H20N4O/c1-4-11-18-16-10-9-15(20-21-16)17(22)19-14-7-5-13(6-8-14)12(2)3/h4-10,12H,1,11H2,2-3H3,(H,18,21)(H,19,22). The van der Waals surface area contributed by atoms with E-state index in [1.165, 1.54) is 5.56 Å². The molecule has 114 valence electrons. The number of amides is 1. The Morgan fingerprint density at radius 3 is 2.45 bits per heavy atom. The van der Waals surface area contributed by atoms with Crippen molar-refractivity contribution >= 4 is 17.4 Å². The van der Waals surface area contributed by atoms with Gasteiger partial charge in [-0.25, -0.2) is 0 Å². The number of hydrogen-bond acceptors (Lipinski definition) is 4. The molecule has 0 aliphatic heterocycles. The summed E-state index contributed by atoms with van der Waals surface area (Å²) in [6.45, 7) is 8.47. The second-order valence-electron chi connectivity index (χ2n) is 5.20. The summed E-state index contributed by atoms with van der Waals surface area (Å²) < 4.78 is 0. The highest BCUT2D eigenvalue weighted by Gasteiger charge is 2.09. The minimum absolute atomic E-state index is 0.275. The van der Waals surface area contributed by atoms with E-state index in [9.17, 15) is 4.79 Å². The molecule has 0 atom stereocenters. The van der Waals surface area contributed by atoms with Crippen LogP contribution in [0.2, 0.25) is 0 Å². The summed E-state index contributed by atoms with van der Waals surface area (Å²) >= 11 is 0. The molecule has 1 aromatic heterocycles. The third kappa shape index (κ3) is 4.15. The molecule has 2 rings (SSSR count). The van der Waals surface area contributed by atoms with Gasteiger partial charge in [0.05, 0.1) is 0 Å². The van der Waals surface area contributed by atoms with Crippen molar-refractivity contribution in [2.75, 3.05) is 17.2 Å². The summed E-state index contributed by atoms with van der Waals surface area (Å²) in [6, 6.07) is 11.1. The van der Waals surface area contributed by atoms with E-state index in [2.05, 4.69) is 41.3 Å². The number of rotatable bonds is 6. The van der Waals surface area contributed by atoms with Gasteiger partial charge in [0.2, 0.25) is 0 Å².